The van der Waals surface area contributed by atoms with Crippen molar-refractivity contribution in [2.75, 3.05) is 18.8 Å². The molecule has 11 heteroatoms. The summed E-state index contributed by atoms with van der Waals surface area (Å²) in [5.74, 6) is -1.67. The number of nitrogens with two attached hydrogens (primary N) is 1. The number of nitrogen functional groups attached to an aromatic ring is 1. The number of rotatable bonds is 4. The van der Waals surface area contributed by atoms with Gasteiger partial charge in [-0.1, -0.05) is 6.07 Å². The first-order valence-electron chi connectivity index (χ1n) is 9.77. The second-order valence-corrected chi connectivity index (χ2v) is 7.46. The van der Waals surface area contributed by atoms with Crippen LogP contribution in [0.15, 0.2) is 36.8 Å². The summed E-state index contributed by atoms with van der Waals surface area (Å²) in [4.78, 5) is 4.26. The van der Waals surface area contributed by atoms with Crippen LogP contribution < -0.4 is 11.1 Å². The first kappa shape index (κ1) is 19.2. The van der Waals surface area contributed by atoms with Gasteiger partial charge in [0.05, 0.1) is 17.8 Å². The fourth-order valence-corrected chi connectivity index (χ4v) is 3.68. The Labute approximate surface area is 175 Å². The Kier molecular flexibility index (Phi) is 4.66. The maximum atomic E-state index is 14.6. The van der Waals surface area contributed by atoms with Crippen molar-refractivity contribution in [2.45, 2.75) is 19.4 Å². The van der Waals surface area contributed by atoms with E-state index in [1.807, 2.05) is 10.9 Å². The predicted octanol–water partition coefficient (Wildman–Crippen LogP) is 2.29. The molecule has 0 bridgehead atoms. The van der Waals surface area contributed by atoms with E-state index in [4.69, 9.17) is 5.73 Å². The number of tetrazole rings is 1. The van der Waals surface area contributed by atoms with Crippen LogP contribution in [-0.2, 0) is 0 Å². The molecule has 5 rings (SSSR count). The molecule has 9 nitrogen and oxygen atoms in total. The molecule has 1 aliphatic rings. The fraction of sp³-hybridized carbons (Fsp3) is 0.250. The van der Waals surface area contributed by atoms with E-state index in [0.717, 1.165) is 35.3 Å². The lowest BCUT2D eigenvalue weighted by molar-refractivity contribution is 0.491. The van der Waals surface area contributed by atoms with Gasteiger partial charge in [-0.2, -0.15) is 9.78 Å². The number of hydrogen-bond acceptors (Lipinski definition) is 7. The summed E-state index contributed by atoms with van der Waals surface area (Å²) in [6.45, 7) is 3.32. The van der Waals surface area contributed by atoms with Crippen LogP contribution in [0.4, 0.5) is 14.6 Å². The molecule has 1 aromatic carbocycles. The van der Waals surface area contributed by atoms with Crippen LogP contribution in [0.2, 0.25) is 0 Å². The maximum Gasteiger partial charge on any atom is 0.190 e. The Morgan fingerprint density at radius 2 is 2.03 bits per heavy atom. The van der Waals surface area contributed by atoms with E-state index in [1.54, 1.807) is 18.5 Å². The molecule has 0 spiro atoms. The lowest BCUT2D eigenvalue weighted by Gasteiger charge is -2.10. The third-order valence-corrected chi connectivity index (χ3v) is 5.46. The summed E-state index contributed by atoms with van der Waals surface area (Å²) >= 11 is 0. The number of aryl methyl sites for hydroxylation is 1. The topological polar surface area (TPSA) is 112 Å². The lowest BCUT2D eigenvalue weighted by Crippen LogP contribution is -2.13. The van der Waals surface area contributed by atoms with E-state index in [0.29, 0.717) is 11.6 Å². The highest BCUT2D eigenvalue weighted by atomic mass is 19.2. The molecule has 0 saturated carbocycles. The Hall–Kier alpha value is -3.73. The maximum absolute atomic E-state index is 14.6. The van der Waals surface area contributed by atoms with Crippen LogP contribution in [-0.4, -0.2) is 48.1 Å². The summed E-state index contributed by atoms with van der Waals surface area (Å²) in [6, 6.07) is 4.95. The van der Waals surface area contributed by atoms with Crippen molar-refractivity contribution in [3.8, 4) is 28.2 Å². The van der Waals surface area contributed by atoms with Crippen molar-refractivity contribution >= 4 is 5.82 Å². The molecule has 3 N–H and O–H groups in total. The first-order chi connectivity index (χ1) is 15.0. The summed E-state index contributed by atoms with van der Waals surface area (Å²) < 4.78 is 31.7. The van der Waals surface area contributed by atoms with Crippen molar-refractivity contribution in [1.29, 1.82) is 0 Å². The number of nitrogens with one attached hydrogen (secondary N) is 1. The zero-order valence-electron chi connectivity index (χ0n) is 16.6. The molecule has 31 heavy (non-hydrogen) atoms. The Balaban J connectivity index is 1.56. The van der Waals surface area contributed by atoms with Gasteiger partial charge in [-0.25, -0.2) is 13.8 Å². The van der Waals surface area contributed by atoms with Gasteiger partial charge in [0.25, 0.3) is 0 Å². The summed E-state index contributed by atoms with van der Waals surface area (Å²) in [5, 5.41) is 19.2. The fourth-order valence-electron chi connectivity index (χ4n) is 3.68. The van der Waals surface area contributed by atoms with E-state index in [1.165, 1.54) is 19.1 Å². The summed E-state index contributed by atoms with van der Waals surface area (Å²) in [6.07, 6.45) is 6.35. The van der Waals surface area contributed by atoms with Crippen LogP contribution in [0.3, 0.4) is 0 Å². The highest BCUT2D eigenvalue weighted by Crippen LogP contribution is 2.30. The molecular formula is C20H19F2N9. The number of hydrogen-bond donors (Lipinski definition) is 2. The minimum atomic E-state index is -1.04. The second kappa shape index (κ2) is 7.51. The van der Waals surface area contributed by atoms with Gasteiger partial charge in [0.2, 0.25) is 0 Å². The monoisotopic (exact) mass is 423 g/mol. The average molecular weight is 423 g/mol. The molecule has 0 radical (unpaired) electrons. The van der Waals surface area contributed by atoms with Gasteiger partial charge in [-0.05, 0) is 48.0 Å². The van der Waals surface area contributed by atoms with E-state index in [-0.39, 0.29) is 22.9 Å². The molecule has 1 saturated heterocycles. The van der Waals surface area contributed by atoms with Gasteiger partial charge in [0, 0.05) is 30.1 Å². The molecule has 0 amide bonds. The first-order valence-corrected chi connectivity index (χ1v) is 9.77. The van der Waals surface area contributed by atoms with Crippen LogP contribution >= 0.6 is 0 Å². The van der Waals surface area contributed by atoms with E-state index >= 15 is 0 Å². The molecule has 1 fully saturated rings. The van der Waals surface area contributed by atoms with Crippen LogP contribution in [0.25, 0.3) is 28.2 Å². The number of pyridine rings is 1. The molecule has 158 valence electrons. The van der Waals surface area contributed by atoms with E-state index in [2.05, 4.69) is 30.9 Å². The molecule has 0 aliphatic carbocycles. The standard InChI is InChI=1S/C20H19F2N9/c1-11-2-3-16(18(22)17(11)21)31-20(27-28-29-31)15-6-12(7-25-19(15)23)13-8-26-30(10-13)14-4-5-24-9-14/h2-3,6-8,10,14,24H,4-5,9H2,1H3,(H2,23,25)/t14-/m0/s1. The van der Waals surface area contributed by atoms with Crippen molar-refractivity contribution < 1.29 is 8.78 Å². The number of benzene rings is 1. The smallest absolute Gasteiger partial charge is 0.190 e. The number of halogens is 2. The van der Waals surface area contributed by atoms with Gasteiger partial charge in [-0.3, -0.25) is 4.68 Å². The van der Waals surface area contributed by atoms with Crippen LogP contribution in [0.1, 0.15) is 18.0 Å². The third kappa shape index (κ3) is 3.32. The molecule has 0 unspecified atom stereocenters. The normalized spacial score (nSPS) is 16.2. The number of nitrogens with zero attached hydrogens (tertiary/aromatic N) is 7. The molecule has 3 aromatic heterocycles. The second-order valence-electron chi connectivity index (χ2n) is 7.46. The Morgan fingerprint density at radius 1 is 1.16 bits per heavy atom. The quantitative estimate of drug-likeness (QED) is 0.518. The predicted molar refractivity (Wildman–Crippen MR) is 109 cm³/mol. The SMILES string of the molecule is Cc1ccc(-n2nnnc2-c2cc(-c3cnn([C@H]4CCNC4)c3)cnc2N)c(F)c1F. The van der Waals surface area contributed by atoms with Gasteiger partial charge in [0.1, 0.15) is 11.5 Å². The van der Waals surface area contributed by atoms with Gasteiger partial charge >= 0.3 is 0 Å². The highest BCUT2D eigenvalue weighted by molar-refractivity contribution is 5.76. The lowest BCUT2D eigenvalue weighted by atomic mass is 10.1. The molecule has 4 heterocycles. The zero-order valence-corrected chi connectivity index (χ0v) is 16.6. The largest absolute Gasteiger partial charge is 0.383 e. The Bertz CT molecular complexity index is 1260. The van der Waals surface area contributed by atoms with Crippen molar-refractivity contribution in [3.63, 3.8) is 0 Å². The molecule has 1 aliphatic heterocycles. The zero-order chi connectivity index (χ0) is 21.5. The highest BCUT2D eigenvalue weighted by Gasteiger charge is 2.21. The van der Waals surface area contributed by atoms with Crippen molar-refractivity contribution in [1.82, 2.24) is 40.3 Å². The summed E-state index contributed by atoms with van der Waals surface area (Å²) in [7, 11) is 0. The minimum Gasteiger partial charge on any atom is -0.383 e. The molecule has 4 aromatic rings. The number of anilines is 1. The Morgan fingerprint density at radius 3 is 2.84 bits per heavy atom. The average Bonchev–Trinajstić information content (AvgIpc) is 3.53. The van der Waals surface area contributed by atoms with Crippen LogP contribution in [0, 0.1) is 18.6 Å². The third-order valence-electron chi connectivity index (χ3n) is 5.46. The van der Waals surface area contributed by atoms with Gasteiger partial charge in [0.15, 0.2) is 17.5 Å². The van der Waals surface area contributed by atoms with Crippen molar-refractivity contribution in [2.24, 2.45) is 0 Å². The summed E-state index contributed by atoms with van der Waals surface area (Å²) in [5.41, 5.74) is 8.17. The molecule has 1 atom stereocenters. The van der Waals surface area contributed by atoms with E-state index in [9.17, 15) is 8.78 Å². The van der Waals surface area contributed by atoms with E-state index < -0.39 is 11.6 Å². The van der Waals surface area contributed by atoms with Crippen molar-refractivity contribution in [3.05, 3.63) is 54.0 Å². The molecular weight excluding hydrogens is 404 g/mol. The van der Waals surface area contributed by atoms with Crippen LogP contribution in [0.5, 0.6) is 0 Å². The van der Waals surface area contributed by atoms with Gasteiger partial charge < -0.3 is 11.1 Å². The van der Waals surface area contributed by atoms with Gasteiger partial charge in [-0.15, -0.1) is 5.10 Å². The number of aromatic nitrogens is 7. The minimum absolute atomic E-state index is 0.116.